The van der Waals surface area contributed by atoms with E-state index in [1.165, 1.54) is 18.2 Å². The lowest BCUT2D eigenvalue weighted by Gasteiger charge is -2.06. The summed E-state index contributed by atoms with van der Waals surface area (Å²) in [7, 11) is 0. The second kappa shape index (κ2) is 5.00. The van der Waals surface area contributed by atoms with Crippen molar-refractivity contribution in [1.82, 2.24) is 14.6 Å². The van der Waals surface area contributed by atoms with Gasteiger partial charge in [0.25, 0.3) is 0 Å². The molecule has 2 aromatic heterocycles. The average molecular weight is 331 g/mol. The van der Waals surface area contributed by atoms with Crippen LogP contribution >= 0.6 is 11.6 Å². The Morgan fingerprint density at radius 3 is 2.65 bits per heavy atom. The third-order valence-electron chi connectivity index (χ3n) is 4.15. The van der Waals surface area contributed by atoms with Gasteiger partial charge < -0.3 is 0 Å². The molecule has 0 saturated heterocycles. The van der Waals surface area contributed by atoms with E-state index in [2.05, 4.69) is 10.1 Å². The lowest BCUT2D eigenvalue weighted by Crippen LogP contribution is -1.98. The maximum Gasteiger partial charge on any atom is 0.157 e. The van der Waals surface area contributed by atoms with E-state index in [1.807, 2.05) is 0 Å². The molecular formula is C16H9ClF2N4. The average Bonchev–Trinajstić information content (AvgIpc) is 3.16. The molecule has 7 heteroatoms. The van der Waals surface area contributed by atoms with E-state index in [1.54, 1.807) is 23.0 Å². The van der Waals surface area contributed by atoms with E-state index in [0.29, 0.717) is 16.4 Å². The molecule has 4 rings (SSSR count). The van der Waals surface area contributed by atoms with Crippen molar-refractivity contribution in [2.75, 3.05) is 0 Å². The Hall–Kier alpha value is -2.52. The Labute approximate surface area is 134 Å². The van der Waals surface area contributed by atoms with Crippen LogP contribution in [0, 0.1) is 23.0 Å². The zero-order valence-electron chi connectivity index (χ0n) is 11.7. The van der Waals surface area contributed by atoms with Gasteiger partial charge in [-0.1, -0.05) is 11.6 Å². The second-order valence-electron chi connectivity index (χ2n) is 5.54. The molecule has 0 radical (unpaired) electrons. The molecule has 23 heavy (non-hydrogen) atoms. The van der Waals surface area contributed by atoms with Crippen molar-refractivity contribution in [2.45, 2.75) is 18.3 Å². The van der Waals surface area contributed by atoms with Gasteiger partial charge in [0.05, 0.1) is 0 Å². The van der Waals surface area contributed by atoms with Crippen LogP contribution in [0.4, 0.5) is 8.78 Å². The Morgan fingerprint density at radius 2 is 1.96 bits per heavy atom. The molecule has 1 aromatic carbocycles. The monoisotopic (exact) mass is 330 g/mol. The third-order valence-corrected chi connectivity index (χ3v) is 4.34. The zero-order chi connectivity index (χ0) is 16.1. The first kappa shape index (κ1) is 14.1. The molecule has 0 N–H and O–H groups in total. The standard InChI is InChI=1S/C16H9ClF2N4/c17-15-6-11(16-21-1-2-23(16)22-15)10-5-9(10)8-3-13(18)12(7-20)14(19)4-8/h1-4,6,9-10H,5H2. The number of rotatable bonds is 2. The van der Waals surface area contributed by atoms with Gasteiger partial charge in [-0.3, -0.25) is 0 Å². The predicted molar refractivity (Wildman–Crippen MR) is 79.2 cm³/mol. The number of benzene rings is 1. The van der Waals surface area contributed by atoms with E-state index in [0.717, 1.165) is 12.0 Å². The lowest BCUT2D eigenvalue weighted by molar-refractivity contribution is 0.573. The minimum atomic E-state index is -0.827. The number of aromatic nitrogens is 3. The first-order valence-electron chi connectivity index (χ1n) is 6.97. The normalized spacial score (nSPS) is 19.7. The molecule has 2 atom stereocenters. The van der Waals surface area contributed by atoms with Gasteiger partial charge in [-0.2, -0.15) is 10.4 Å². The summed E-state index contributed by atoms with van der Waals surface area (Å²) in [6, 6.07) is 5.74. The van der Waals surface area contributed by atoms with Crippen molar-refractivity contribution in [2.24, 2.45) is 0 Å². The highest BCUT2D eigenvalue weighted by Crippen LogP contribution is 2.55. The van der Waals surface area contributed by atoms with Gasteiger partial charge in [-0.05, 0) is 42.0 Å². The van der Waals surface area contributed by atoms with E-state index in [4.69, 9.17) is 16.9 Å². The van der Waals surface area contributed by atoms with Crippen LogP contribution in [0.25, 0.3) is 5.65 Å². The SMILES string of the molecule is N#Cc1c(F)cc(C2CC2c2cc(Cl)nn3ccnc23)cc1F. The van der Waals surface area contributed by atoms with Crippen molar-refractivity contribution in [1.29, 1.82) is 5.26 Å². The Balaban J connectivity index is 1.73. The number of hydrogen-bond acceptors (Lipinski definition) is 3. The molecule has 1 aliphatic carbocycles. The molecule has 2 heterocycles. The summed E-state index contributed by atoms with van der Waals surface area (Å²) < 4.78 is 29.2. The highest BCUT2D eigenvalue weighted by atomic mass is 35.5. The number of imidazole rings is 1. The van der Waals surface area contributed by atoms with E-state index >= 15 is 0 Å². The number of nitrogens with zero attached hydrogens (tertiary/aromatic N) is 4. The van der Waals surface area contributed by atoms with Gasteiger partial charge in [0.15, 0.2) is 5.65 Å². The summed E-state index contributed by atoms with van der Waals surface area (Å²) >= 11 is 6.02. The van der Waals surface area contributed by atoms with Crippen LogP contribution in [-0.2, 0) is 0 Å². The molecule has 0 bridgehead atoms. The van der Waals surface area contributed by atoms with Crippen LogP contribution in [0.15, 0.2) is 30.6 Å². The minimum absolute atomic E-state index is 0.0225. The molecule has 0 spiro atoms. The van der Waals surface area contributed by atoms with Crippen molar-refractivity contribution < 1.29 is 8.78 Å². The quantitative estimate of drug-likeness (QED) is 0.718. The molecule has 2 unspecified atom stereocenters. The fourth-order valence-corrected chi connectivity index (χ4v) is 3.20. The molecular weight excluding hydrogens is 322 g/mol. The topological polar surface area (TPSA) is 54.0 Å². The van der Waals surface area contributed by atoms with E-state index in [-0.39, 0.29) is 11.8 Å². The van der Waals surface area contributed by atoms with Crippen molar-refractivity contribution in [3.8, 4) is 6.07 Å². The summed E-state index contributed by atoms with van der Waals surface area (Å²) in [5.74, 6) is -1.60. The third kappa shape index (κ3) is 2.25. The maximum absolute atomic E-state index is 13.8. The number of halogens is 3. The number of hydrogen-bond donors (Lipinski definition) is 0. The minimum Gasteiger partial charge on any atom is -0.235 e. The molecule has 0 amide bonds. The number of fused-ring (bicyclic) bond motifs is 1. The summed E-state index contributed by atoms with van der Waals surface area (Å²) in [4.78, 5) is 4.26. The fraction of sp³-hybridized carbons (Fsp3) is 0.188. The Bertz CT molecular complexity index is 953. The zero-order valence-corrected chi connectivity index (χ0v) is 12.4. The summed E-state index contributed by atoms with van der Waals surface area (Å²) in [5.41, 5.74) is 1.59. The van der Waals surface area contributed by atoms with Crippen molar-refractivity contribution in [3.05, 3.63) is 64.1 Å². The molecule has 1 aliphatic rings. The van der Waals surface area contributed by atoms with Crippen LogP contribution in [0.5, 0.6) is 0 Å². The largest absolute Gasteiger partial charge is 0.235 e. The second-order valence-corrected chi connectivity index (χ2v) is 5.93. The highest BCUT2D eigenvalue weighted by Gasteiger charge is 2.42. The van der Waals surface area contributed by atoms with Gasteiger partial charge in [-0.25, -0.2) is 18.3 Å². The van der Waals surface area contributed by atoms with Crippen LogP contribution in [0.3, 0.4) is 0 Å². The molecule has 1 fully saturated rings. The molecule has 3 aromatic rings. The lowest BCUT2D eigenvalue weighted by atomic mass is 10.0. The van der Waals surface area contributed by atoms with Gasteiger partial charge in [-0.15, -0.1) is 0 Å². The van der Waals surface area contributed by atoms with Gasteiger partial charge in [0.1, 0.15) is 28.4 Å². The first-order chi connectivity index (χ1) is 11.1. The highest BCUT2D eigenvalue weighted by molar-refractivity contribution is 6.29. The Morgan fingerprint density at radius 1 is 1.22 bits per heavy atom. The van der Waals surface area contributed by atoms with Crippen LogP contribution in [-0.4, -0.2) is 14.6 Å². The summed E-state index contributed by atoms with van der Waals surface area (Å²) in [5, 5.41) is 13.2. The van der Waals surface area contributed by atoms with E-state index in [9.17, 15) is 8.78 Å². The molecule has 0 aliphatic heterocycles. The molecule has 114 valence electrons. The van der Waals surface area contributed by atoms with E-state index < -0.39 is 17.2 Å². The fourth-order valence-electron chi connectivity index (χ4n) is 3.00. The van der Waals surface area contributed by atoms with Crippen LogP contribution in [0.2, 0.25) is 5.15 Å². The number of nitriles is 1. The van der Waals surface area contributed by atoms with Crippen LogP contribution in [0.1, 0.15) is 34.9 Å². The van der Waals surface area contributed by atoms with Gasteiger partial charge in [0, 0.05) is 18.0 Å². The summed E-state index contributed by atoms with van der Waals surface area (Å²) in [6.07, 6.45) is 4.07. The molecule has 4 nitrogen and oxygen atoms in total. The maximum atomic E-state index is 13.8. The van der Waals surface area contributed by atoms with Crippen LogP contribution < -0.4 is 0 Å². The summed E-state index contributed by atoms with van der Waals surface area (Å²) in [6.45, 7) is 0. The van der Waals surface area contributed by atoms with Crippen molar-refractivity contribution >= 4 is 17.2 Å². The smallest absolute Gasteiger partial charge is 0.157 e. The first-order valence-corrected chi connectivity index (χ1v) is 7.35. The Kier molecular flexibility index (Phi) is 3.06. The van der Waals surface area contributed by atoms with Gasteiger partial charge >= 0.3 is 0 Å². The van der Waals surface area contributed by atoms with Gasteiger partial charge in [0.2, 0.25) is 0 Å². The predicted octanol–water partition coefficient (Wildman–Crippen LogP) is 3.80. The molecule has 1 saturated carbocycles. The van der Waals surface area contributed by atoms with Crippen molar-refractivity contribution in [3.63, 3.8) is 0 Å².